The van der Waals surface area contributed by atoms with Gasteiger partial charge in [0.1, 0.15) is 17.4 Å². The predicted octanol–water partition coefficient (Wildman–Crippen LogP) is 4.53. The number of thiocarbonyl (C=S) groups is 1. The molecule has 5 rings (SSSR count). The van der Waals surface area contributed by atoms with Gasteiger partial charge in [-0.05, 0) is 68.4 Å². The van der Waals surface area contributed by atoms with Crippen LogP contribution in [-0.4, -0.2) is 79.6 Å². The lowest BCUT2D eigenvalue weighted by molar-refractivity contribution is 0.190. The fraction of sp³-hybridized carbons (Fsp3) is 0.517. The Morgan fingerprint density at radius 2 is 1.90 bits per heavy atom. The third kappa shape index (κ3) is 5.75. The number of aromatic nitrogens is 1. The van der Waals surface area contributed by atoms with E-state index in [4.69, 9.17) is 29.1 Å². The van der Waals surface area contributed by atoms with E-state index in [1.54, 1.807) is 22.7 Å². The van der Waals surface area contributed by atoms with E-state index >= 15 is 0 Å². The minimum Gasteiger partial charge on any atom is -0.372 e. The van der Waals surface area contributed by atoms with Crippen molar-refractivity contribution in [2.24, 2.45) is 5.92 Å². The van der Waals surface area contributed by atoms with E-state index in [9.17, 15) is 5.41 Å². The standard InChI is InChI=1S/C29H37ClN8S/c1-35(25-17-26(30)27(18-31)34-19-25)28(32)29(9-2-10-29)38(21-39)24-5-3-23(4-6-24)37-13-7-22(8-14-37)20-36-15-11-33-12-16-36/h3-6,17,19,21-22,32-33H,2,7-16,20H2,1H3. The van der Waals surface area contributed by atoms with Crippen molar-refractivity contribution in [2.75, 3.05) is 67.6 Å². The summed E-state index contributed by atoms with van der Waals surface area (Å²) in [7, 11) is 1.85. The molecule has 0 bridgehead atoms. The first-order valence-corrected chi connectivity index (χ1v) is 14.7. The van der Waals surface area contributed by atoms with Gasteiger partial charge < -0.3 is 24.9 Å². The Kier molecular flexibility index (Phi) is 8.67. The summed E-state index contributed by atoms with van der Waals surface area (Å²) in [5, 5.41) is 22.1. The Balaban J connectivity index is 1.25. The zero-order valence-electron chi connectivity index (χ0n) is 22.6. The summed E-state index contributed by atoms with van der Waals surface area (Å²) in [4.78, 5) is 13.1. The van der Waals surface area contributed by atoms with Crippen LogP contribution in [0.3, 0.4) is 0 Å². The summed E-state index contributed by atoms with van der Waals surface area (Å²) in [6.07, 6.45) is 6.77. The summed E-state index contributed by atoms with van der Waals surface area (Å²) < 4.78 is 0. The van der Waals surface area contributed by atoms with Gasteiger partial charge in [0, 0.05) is 64.2 Å². The van der Waals surface area contributed by atoms with Crippen LogP contribution < -0.4 is 20.0 Å². The Morgan fingerprint density at radius 3 is 2.46 bits per heavy atom. The molecule has 2 aromatic rings. The van der Waals surface area contributed by atoms with Crippen molar-refractivity contribution >= 4 is 52.2 Å². The Bertz CT molecular complexity index is 1210. The summed E-state index contributed by atoms with van der Waals surface area (Å²) >= 11 is 11.7. The molecule has 206 valence electrons. The zero-order valence-corrected chi connectivity index (χ0v) is 24.1. The number of nitriles is 1. The molecule has 2 aliphatic heterocycles. The number of rotatable bonds is 8. The maximum atomic E-state index is 9.17. The SMILES string of the molecule is CN(C(=N)C1(N(C=S)c2ccc(N3CCC(CN4CCNCC4)CC3)cc2)CCC1)c1cnc(C#N)c(Cl)c1. The molecule has 1 aromatic carbocycles. The van der Waals surface area contributed by atoms with Crippen molar-refractivity contribution in [1.29, 1.82) is 10.7 Å². The molecule has 1 saturated carbocycles. The van der Waals surface area contributed by atoms with Gasteiger partial charge in [0.2, 0.25) is 0 Å². The van der Waals surface area contributed by atoms with E-state index in [0.717, 1.165) is 57.0 Å². The number of nitrogens with zero attached hydrogens (tertiary/aromatic N) is 6. The van der Waals surface area contributed by atoms with Crippen LogP contribution in [-0.2, 0) is 0 Å². The second-order valence-electron chi connectivity index (χ2n) is 10.9. The van der Waals surface area contributed by atoms with Crippen LogP contribution in [0.1, 0.15) is 37.8 Å². The molecule has 1 aromatic heterocycles. The van der Waals surface area contributed by atoms with Crippen molar-refractivity contribution in [3.63, 3.8) is 0 Å². The highest BCUT2D eigenvalue weighted by Crippen LogP contribution is 2.42. The van der Waals surface area contributed by atoms with Gasteiger partial charge in [0.05, 0.1) is 22.4 Å². The molecule has 2 N–H and O–H groups in total. The normalized spacial score (nSPS) is 19.6. The number of piperidine rings is 1. The molecule has 2 saturated heterocycles. The molecule has 0 amide bonds. The van der Waals surface area contributed by atoms with E-state index in [1.165, 1.54) is 38.2 Å². The van der Waals surface area contributed by atoms with Crippen LogP contribution in [0, 0.1) is 22.7 Å². The molecule has 8 nitrogen and oxygen atoms in total. The second-order valence-corrected chi connectivity index (χ2v) is 11.5. The molecule has 0 atom stereocenters. The fourth-order valence-electron chi connectivity index (χ4n) is 6.10. The van der Waals surface area contributed by atoms with Gasteiger partial charge in [-0.15, -0.1) is 0 Å². The van der Waals surface area contributed by atoms with E-state index in [-0.39, 0.29) is 10.7 Å². The Morgan fingerprint density at radius 1 is 1.21 bits per heavy atom. The number of nitrogens with one attached hydrogen (secondary N) is 2. The third-order valence-electron chi connectivity index (χ3n) is 8.68. The van der Waals surface area contributed by atoms with E-state index in [0.29, 0.717) is 11.5 Å². The molecule has 3 aliphatic rings. The number of piperazine rings is 1. The summed E-state index contributed by atoms with van der Waals surface area (Å²) in [6.45, 7) is 7.98. The first kappa shape index (κ1) is 27.8. The molecular formula is C29H37ClN8S. The smallest absolute Gasteiger partial charge is 0.159 e. The largest absolute Gasteiger partial charge is 0.372 e. The van der Waals surface area contributed by atoms with Gasteiger partial charge in [-0.2, -0.15) is 5.26 Å². The zero-order chi connectivity index (χ0) is 27.4. The number of halogens is 1. The average molecular weight is 565 g/mol. The lowest BCUT2D eigenvalue weighted by Gasteiger charge is -2.51. The van der Waals surface area contributed by atoms with Crippen LogP contribution >= 0.6 is 23.8 Å². The lowest BCUT2D eigenvalue weighted by Crippen LogP contribution is -2.63. The Labute approximate surface area is 242 Å². The van der Waals surface area contributed by atoms with Crippen molar-refractivity contribution < 1.29 is 0 Å². The average Bonchev–Trinajstić information content (AvgIpc) is 2.95. The van der Waals surface area contributed by atoms with Gasteiger partial charge >= 0.3 is 0 Å². The van der Waals surface area contributed by atoms with E-state index in [1.807, 2.05) is 13.1 Å². The van der Waals surface area contributed by atoms with E-state index in [2.05, 4.69) is 49.3 Å². The van der Waals surface area contributed by atoms with Crippen molar-refractivity contribution in [1.82, 2.24) is 15.2 Å². The quantitative estimate of drug-likeness (QED) is 0.275. The maximum Gasteiger partial charge on any atom is 0.159 e. The van der Waals surface area contributed by atoms with Gasteiger partial charge in [0.25, 0.3) is 0 Å². The van der Waals surface area contributed by atoms with Gasteiger partial charge in [-0.25, -0.2) is 4.98 Å². The highest BCUT2D eigenvalue weighted by atomic mass is 35.5. The highest BCUT2D eigenvalue weighted by molar-refractivity contribution is 7.79. The molecule has 0 spiro atoms. The molecule has 39 heavy (non-hydrogen) atoms. The number of hydrogen-bond acceptors (Lipinski definition) is 7. The van der Waals surface area contributed by atoms with Crippen molar-refractivity contribution in [3.8, 4) is 6.07 Å². The molecule has 10 heteroatoms. The number of hydrogen-bond donors (Lipinski definition) is 2. The number of benzene rings is 1. The van der Waals surface area contributed by atoms with Gasteiger partial charge in [0.15, 0.2) is 5.69 Å². The van der Waals surface area contributed by atoms with Crippen LogP contribution in [0.4, 0.5) is 17.1 Å². The van der Waals surface area contributed by atoms with Crippen LogP contribution in [0.15, 0.2) is 36.5 Å². The predicted molar refractivity (Wildman–Crippen MR) is 163 cm³/mol. The molecule has 1 aliphatic carbocycles. The number of pyridine rings is 1. The molecule has 0 radical (unpaired) electrons. The highest BCUT2D eigenvalue weighted by Gasteiger charge is 2.48. The molecular weight excluding hydrogens is 528 g/mol. The monoisotopic (exact) mass is 564 g/mol. The van der Waals surface area contributed by atoms with Gasteiger partial charge in [-0.3, -0.25) is 5.41 Å². The summed E-state index contributed by atoms with van der Waals surface area (Å²) in [5.41, 5.74) is 4.26. The van der Waals surface area contributed by atoms with Crippen molar-refractivity contribution in [2.45, 2.75) is 37.6 Å². The first-order chi connectivity index (χ1) is 18.9. The van der Waals surface area contributed by atoms with E-state index < -0.39 is 5.54 Å². The number of amidine groups is 1. The first-order valence-electron chi connectivity index (χ1n) is 13.9. The maximum absolute atomic E-state index is 9.17. The second kappa shape index (κ2) is 12.2. The number of likely N-dealkylation sites (N-methyl/N-ethyl adjacent to an activating group) is 1. The van der Waals surface area contributed by atoms with Gasteiger partial charge in [-0.1, -0.05) is 23.8 Å². The minimum atomic E-state index is -0.527. The van der Waals surface area contributed by atoms with Crippen molar-refractivity contribution in [3.05, 3.63) is 47.2 Å². The lowest BCUT2D eigenvalue weighted by atomic mass is 9.73. The van der Waals surface area contributed by atoms with Crippen LogP contribution in [0.2, 0.25) is 5.02 Å². The minimum absolute atomic E-state index is 0.183. The summed E-state index contributed by atoms with van der Waals surface area (Å²) in [6, 6.07) is 12.3. The fourth-order valence-corrected chi connectivity index (χ4v) is 6.63. The third-order valence-corrected chi connectivity index (χ3v) is 9.18. The number of anilines is 3. The molecule has 0 unspecified atom stereocenters. The molecule has 3 fully saturated rings. The Hall–Kier alpha value is -2.77. The van der Waals surface area contributed by atoms with Crippen LogP contribution in [0.25, 0.3) is 0 Å². The topological polar surface area (TPSA) is 85.5 Å². The molecule has 3 heterocycles. The summed E-state index contributed by atoms with van der Waals surface area (Å²) in [5.74, 6) is 1.22. The van der Waals surface area contributed by atoms with Crippen LogP contribution in [0.5, 0.6) is 0 Å².